The van der Waals surface area contributed by atoms with Gasteiger partial charge in [-0.1, -0.05) is 30.3 Å². The Bertz CT molecular complexity index is 874. The van der Waals surface area contributed by atoms with Crippen LogP contribution in [0.2, 0.25) is 0 Å². The van der Waals surface area contributed by atoms with E-state index in [-0.39, 0.29) is 5.76 Å². The molecule has 0 saturated carbocycles. The van der Waals surface area contributed by atoms with Crippen LogP contribution in [0, 0.1) is 0 Å². The number of nitrogens with one attached hydrogen (secondary N) is 1. The summed E-state index contributed by atoms with van der Waals surface area (Å²) in [5.41, 5.74) is 3.36. The molecule has 0 radical (unpaired) electrons. The van der Waals surface area contributed by atoms with Gasteiger partial charge in [0.1, 0.15) is 0 Å². The van der Waals surface area contributed by atoms with Gasteiger partial charge in [-0.25, -0.2) is 19.9 Å². The summed E-state index contributed by atoms with van der Waals surface area (Å²) >= 11 is 0. The molecule has 27 heavy (non-hydrogen) atoms. The molecule has 0 spiro atoms. The lowest BCUT2D eigenvalue weighted by atomic mass is 10.1. The molecule has 3 rings (SSSR count). The molecule has 140 valence electrons. The summed E-state index contributed by atoms with van der Waals surface area (Å²) in [4.78, 5) is 40.6. The molecular formula is C19H17NO7. The van der Waals surface area contributed by atoms with Crippen molar-refractivity contribution in [3.8, 4) is 0 Å². The number of carbonyl (C=O) groups is 3. The summed E-state index contributed by atoms with van der Waals surface area (Å²) < 4.78 is 15.0. The van der Waals surface area contributed by atoms with E-state index in [2.05, 4.69) is 5.48 Å². The van der Waals surface area contributed by atoms with E-state index >= 15 is 0 Å². The van der Waals surface area contributed by atoms with Gasteiger partial charge in [0.05, 0.1) is 12.5 Å². The first-order chi connectivity index (χ1) is 12.9. The number of hydrogen-bond acceptors (Lipinski definition) is 8. The van der Waals surface area contributed by atoms with E-state index < -0.39 is 29.3 Å². The van der Waals surface area contributed by atoms with E-state index in [0.717, 1.165) is 11.8 Å². The van der Waals surface area contributed by atoms with Crippen LogP contribution in [0.4, 0.5) is 0 Å². The molecule has 8 nitrogen and oxygen atoms in total. The summed E-state index contributed by atoms with van der Waals surface area (Å²) in [6.07, 6.45) is 2.76. The zero-order valence-electron chi connectivity index (χ0n) is 14.7. The van der Waals surface area contributed by atoms with Crippen molar-refractivity contribution in [3.05, 3.63) is 71.3 Å². The molecule has 0 aliphatic carbocycles. The lowest BCUT2D eigenvalue weighted by Crippen LogP contribution is -2.42. The van der Waals surface area contributed by atoms with Gasteiger partial charge in [-0.15, -0.1) is 0 Å². The molecule has 0 unspecified atom stereocenters. The number of rotatable bonds is 5. The van der Waals surface area contributed by atoms with Gasteiger partial charge in [0.15, 0.2) is 5.57 Å². The Balaban J connectivity index is 1.63. The monoisotopic (exact) mass is 371 g/mol. The maximum Gasteiger partial charge on any atom is 0.398 e. The topological polar surface area (TPSA) is 104 Å². The third-order valence-electron chi connectivity index (χ3n) is 3.64. The van der Waals surface area contributed by atoms with Crippen molar-refractivity contribution in [2.24, 2.45) is 0 Å². The number of furan rings is 1. The van der Waals surface area contributed by atoms with Crippen molar-refractivity contribution in [3.63, 3.8) is 0 Å². The summed E-state index contributed by atoms with van der Waals surface area (Å²) in [5, 5.41) is 0. The van der Waals surface area contributed by atoms with Crippen molar-refractivity contribution in [2.45, 2.75) is 26.1 Å². The molecule has 1 aromatic carbocycles. The van der Waals surface area contributed by atoms with Crippen molar-refractivity contribution in [1.29, 1.82) is 0 Å². The smallest absolute Gasteiger partial charge is 0.398 e. The molecular weight excluding hydrogens is 354 g/mol. The second kappa shape index (κ2) is 7.36. The second-order valence-corrected chi connectivity index (χ2v) is 6.18. The fourth-order valence-corrected chi connectivity index (χ4v) is 2.44. The molecule has 1 saturated heterocycles. The molecule has 1 aliphatic heterocycles. The van der Waals surface area contributed by atoms with Gasteiger partial charge in [0.25, 0.3) is 5.79 Å². The zero-order valence-corrected chi connectivity index (χ0v) is 14.7. The van der Waals surface area contributed by atoms with E-state index in [4.69, 9.17) is 18.7 Å². The zero-order chi connectivity index (χ0) is 19.4. The summed E-state index contributed by atoms with van der Waals surface area (Å²) in [7, 11) is 0. The van der Waals surface area contributed by atoms with Gasteiger partial charge >= 0.3 is 17.9 Å². The Labute approximate surface area is 154 Å². The molecule has 2 aromatic rings. The van der Waals surface area contributed by atoms with Crippen LogP contribution in [0.3, 0.4) is 0 Å². The maximum absolute atomic E-state index is 12.2. The number of benzene rings is 1. The van der Waals surface area contributed by atoms with Crippen LogP contribution in [0.15, 0.2) is 58.9 Å². The van der Waals surface area contributed by atoms with E-state index in [1.807, 2.05) is 30.3 Å². The van der Waals surface area contributed by atoms with Crippen molar-refractivity contribution in [1.82, 2.24) is 5.48 Å². The number of esters is 2. The van der Waals surface area contributed by atoms with Crippen LogP contribution in [0.5, 0.6) is 0 Å². The highest BCUT2D eigenvalue weighted by Crippen LogP contribution is 2.22. The fraction of sp³-hybridized carbons (Fsp3) is 0.211. The first-order valence-electron chi connectivity index (χ1n) is 8.09. The average molecular weight is 371 g/mol. The number of hydroxylamine groups is 1. The number of carbonyl (C=O) groups excluding carboxylic acids is 3. The van der Waals surface area contributed by atoms with Gasteiger partial charge < -0.3 is 18.7 Å². The van der Waals surface area contributed by atoms with Crippen LogP contribution >= 0.6 is 0 Å². The SMILES string of the molecule is CC1(C)OC(=O)C(=CNOC(=O)c2occc2Cc2ccccc2)C(=O)O1. The molecule has 1 fully saturated rings. The number of hydrogen-bond donors (Lipinski definition) is 1. The number of ether oxygens (including phenoxy) is 2. The minimum Gasteiger partial charge on any atom is -0.457 e. The molecule has 0 atom stereocenters. The van der Waals surface area contributed by atoms with Gasteiger partial charge in [-0.2, -0.15) is 0 Å². The highest BCUT2D eigenvalue weighted by Gasteiger charge is 2.39. The third-order valence-corrected chi connectivity index (χ3v) is 3.64. The van der Waals surface area contributed by atoms with Gasteiger partial charge in [-0.3, -0.25) is 0 Å². The lowest BCUT2D eigenvalue weighted by molar-refractivity contribution is -0.222. The molecule has 8 heteroatoms. The molecule has 1 aromatic heterocycles. The van der Waals surface area contributed by atoms with E-state index in [9.17, 15) is 14.4 Å². The summed E-state index contributed by atoms with van der Waals surface area (Å²) in [6.45, 7) is 2.86. The molecule has 1 N–H and O–H groups in total. The Kier molecular flexibility index (Phi) is 4.98. The van der Waals surface area contributed by atoms with E-state index in [1.165, 1.54) is 20.1 Å². The van der Waals surface area contributed by atoms with Crippen LogP contribution in [-0.2, 0) is 30.3 Å². The normalized spacial score (nSPS) is 15.6. The van der Waals surface area contributed by atoms with Crippen molar-refractivity contribution >= 4 is 17.9 Å². The number of cyclic esters (lactones) is 2. The Morgan fingerprint density at radius 1 is 1.11 bits per heavy atom. The van der Waals surface area contributed by atoms with Crippen LogP contribution in [0.1, 0.15) is 35.5 Å². The minimum absolute atomic E-state index is 0.0136. The summed E-state index contributed by atoms with van der Waals surface area (Å²) in [5.74, 6) is -3.91. The molecule has 0 bridgehead atoms. The Morgan fingerprint density at radius 2 is 1.78 bits per heavy atom. The third kappa shape index (κ3) is 4.35. The van der Waals surface area contributed by atoms with Crippen LogP contribution < -0.4 is 5.48 Å². The maximum atomic E-state index is 12.2. The fourth-order valence-electron chi connectivity index (χ4n) is 2.44. The van der Waals surface area contributed by atoms with E-state index in [1.54, 1.807) is 6.07 Å². The molecule has 1 aliphatic rings. The lowest BCUT2D eigenvalue weighted by Gasteiger charge is -2.29. The highest BCUT2D eigenvalue weighted by molar-refractivity contribution is 6.15. The van der Waals surface area contributed by atoms with Crippen molar-refractivity contribution < 1.29 is 33.1 Å². The highest BCUT2D eigenvalue weighted by atomic mass is 16.7. The van der Waals surface area contributed by atoms with Gasteiger partial charge in [0, 0.05) is 25.8 Å². The van der Waals surface area contributed by atoms with Gasteiger partial charge in [0.2, 0.25) is 5.76 Å². The first-order valence-corrected chi connectivity index (χ1v) is 8.09. The van der Waals surface area contributed by atoms with Crippen LogP contribution in [0.25, 0.3) is 0 Å². The largest absolute Gasteiger partial charge is 0.457 e. The Morgan fingerprint density at radius 3 is 2.44 bits per heavy atom. The molecule has 2 heterocycles. The average Bonchev–Trinajstić information content (AvgIpc) is 3.05. The predicted octanol–water partition coefficient (Wildman–Crippen LogP) is 2.25. The minimum atomic E-state index is -1.34. The predicted molar refractivity (Wildman–Crippen MR) is 90.9 cm³/mol. The second-order valence-electron chi connectivity index (χ2n) is 6.18. The Hall–Kier alpha value is -3.55. The molecule has 0 amide bonds. The summed E-state index contributed by atoms with van der Waals surface area (Å²) in [6, 6.07) is 11.2. The standard InChI is InChI=1S/C19H17NO7/c1-19(2)25-16(21)14(17(22)26-19)11-20-27-18(23)15-13(8-9-24-15)10-12-6-4-3-5-7-12/h3-9,11,20H,10H2,1-2H3. The van der Waals surface area contributed by atoms with E-state index in [0.29, 0.717) is 12.0 Å². The van der Waals surface area contributed by atoms with Crippen molar-refractivity contribution in [2.75, 3.05) is 0 Å². The quantitative estimate of drug-likeness (QED) is 0.369. The van der Waals surface area contributed by atoms with Crippen LogP contribution in [-0.4, -0.2) is 23.7 Å². The first kappa shape index (κ1) is 18.2. The van der Waals surface area contributed by atoms with Gasteiger partial charge in [-0.05, 0) is 11.6 Å².